The van der Waals surface area contributed by atoms with Crippen LogP contribution in [0.1, 0.15) is 61.9 Å². The third kappa shape index (κ3) is 3.48. The van der Waals surface area contributed by atoms with E-state index in [0.717, 1.165) is 63.4 Å². The molecular formula is C26H32FN5O2. The molecule has 5 aliphatic rings. The number of rotatable bonds is 4. The van der Waals surface area contributed by atoms with Crippen LogP contribution < -0.4 is 4.74 Å². The lowest BCUT2D eigenvalue weighted by Crippen LogP contribution is -2.65. The number of ether oxygens (including phenoxy) is 1. The fourth-order valence-corrected chi connectivity index (χ4v) is 6.86. The highest BCUT2D eigenvalue weighted by atomic mass is 19.1. The maximum Gasteiger partial charge on any atom is 0.320 e. The number of amides is 2. The maximum atomic E-state index is 13.5. The molecule has 1 aromatic carbocycles. The number of nitrogens with zero attached hydrogens (tertiary/aromatic N) is 5. The van der Waals surface area contributed by atoms with Crippen molar-refractivity contribution in [2.45, 2.75) is 63.5 Å². The van der Waals surface area contributed by atoms with E-state index in [1.165, 1.54) is 18.9 Å². The Labute approximate surface area is 199 Å². The van der Waals surface area contributed by atoms with Crippen LogP contribution in [0.2, 0.25) is 0 Å². The van der Waals surface area contributed by atoms with E-state index in [1.807, 2.05) is 11.2 Å². The van der Waals surface area contributed by atoms with E-state index >= 15 is 0 Å². The average Bonchev–Trinajstić information content (AvgIpc) is 3.17. The molecule has 7 nitrogen and oxygen atoms in total. The third-order valence-corrected chi connectivity index (χ3v) is 8.91. The van der Waals surface area contributed by atoms with Gasteiger partial charge in [-0.3, -0.25) is 0 Å². The third-order valence-electron chi connectivity index (χ3n) is 8.91. The fraction of sp³-hybridized carbons (Fsp3) is 0.654. The molecule has 2 aliphatic heterocycles. The van der Waals surface area contributed by atoms with Gasteiger partial charge in [0.15, 0.2) is 5.82 Å². The van der Waals surface area contributed by atoms with Crippen molar-refractivity contribution in [2.75, 3.05) is 26.2 Å². The van der Waals surface area contributed by atoms with Crippen LogP contribution in [0.25, 0.3) is 0 Å². The molecule has 8 heteroatoms. The Hall–Kier alpha value is -2.64. The van der Waals surface area contributed by atoms with Gasteiger partial charge in [0.05, 0.1) is 12.1 Å². The number of carbonyl (C=O) groups excluding carboxylic acids is 1. The van der Waals surface area contributed by atoms with Crippen LogP contribution in [-0.4, -0.2) is 62.9 Å². The summed E-state index contributed by atoms with van der Waals surface area (Å²) >= 11 is 0. The van der Waals surface area contributed by atoms with Gasteiger partial charge < -0.3 is 14.5 Å². The lowest BCUT2D eigenvalue weighted by Gasteiger charge is -2.59. The minimum atomic E-state index is -0.198. The zero-order chi connectivity index (χ0) is 23.0. The number of hydrogen-bond donors (Lipinski definition) is 0. The molecule has 2 saturated heterocycles. The molecule has 0 bridgehead atoms. The molecule has 0 N–H and O–H groups in total. The molecular weight excluding hydrogens is 433 g/mol. The summed E-state index contributed by atoms with van der Waals surface area (Å²) in [6.45, 7) is 5.20. The molecule has 5 fully saturated rings. The molecule has 7 rings (SSSR count). The quantitative estimate of drug-likeness (QED) is 0.681. The van der Waals surface area contributed by atoms with Crippen molar-refractivity contribution in [1.82, 2.24) is 24.6 Å². The molecule has 180 valence electrons. The van der Waals surface area contributed by atoms with Crippen molar-refractivity contribution in [3.8, 4) is 5.75 Å². The SMILES string of the molecule is Cc1cc(OC2CC3CN(C(=O)N4CC5(CC(n6cnc(C7CC7)n6)C5)C4)CC3C2)ccc1F. The van der Waals surface area contributed by atoms with Crippen LogP contribution in [0.15, 0.2) is 24.5 Å². The van der Waals surface area contributed by atoms with Gasteiger partial charge in [0.1, 0.15) is 17.9 Å². The first kappa shape index (κ1) is 20.7. The summed E-state index contributed by atoms with van der Waals surface area (Å²) in [6.07, 6.45) is 8.69. The van der Waals surface area contributed by atoms with Gasteiger partial charge in [0.2, 0.25) is 0 Å². The highest BCUT2D eigenvalue weighted by molar-refractivity contribution is 5.76. The van der Waals surface area contributed by atoms with E-state index < -0.39 is 0 Å². The summed E-state index contributed by atoms with van der Waals surface area (Å²) in [5.74, 6) is 3.18. The molecule has 2 amide bonds. The Morgan fingerprint density at radius 3 is 2.53 bits per heavy atom. The van der Waals surface area contributed by atoms with Gasteiger partial charge in [0.25, 0.3) is 0 Å². The molecule has 2 aromatic rings. The number of aromatic nitrogens is 3. The number of halogens is 1. The van der Waals surface area contributed by atoms with E-state index in [4.69, 9.17) is 9.84 Å². The Balaban J connectivity index is 0.881. The number of benzene rings is 1. The zero-order valence-corrected chi connectivity index (χ0v) is 19.7. The molecule has 3 aliphatic carbocycles. The number of fused-ring (bicyclic) bond motifs is 1. The second kappa shape index (κ2) is 7.43. The monoisotopic (exact) mass is 465 g/mol. The Morgan fingerprint density at radius 1 is 1.12 bits per heavy atom. The summed E-state index contributed by atoms with van der Waals surface area (Å²) in [4.78, 5) is 21.7. The molecule has 34 heavy (non-hydrogen) atoms. The van der Waals surface area contributed by atoms with Crippen molar-refractivity contribution in [1.29, 1.82) is 0 Å². The van der Waals surface area contributed by atoms with Gasteiger partial charge in [-0.1, -0.05) is 0 Å². The van der Waals surface area contributed by atoms with Crippen LogP contribution in [0.3, 0.4) is 0 Å². The van der Waals surface area contributed by atoms with Crippen molar-refractivity contribution < 1.29 is 13.9 Å². The largest absolute Gasteiger partial charge is 0.490 e. The van der Waals surface area contributed by atoms with Crippen LogP contribution in [0, 0.1) is 30.0 Å². The second-order valence-corrected chi connectivity index (χ2v) is 11.6. The maximum absolute atomic E-state index is 13.5. The normalized spacial score (nSPS) is 29.8. The highest BCUT2D eigenvalue weighted by Gasteiger charge is 2.56. The van der Waals surface area contributed by atoms with Crippen LogP contribution >= 0.6 is 0 Å². The smallest absolute Gasteiger partial charge is 0.320 e. The van der Waals surface area contributed by atoms with Crippen LogP contribution in [0.5, 0.6) is 5.75 Å². The summed E-state index contributed by atoms with van der Waals surface area (Å²) < 4.78 is 21.7. The van der Waals surface area contributed by atoms with Crippen LogP contribution in [0.4, 0.5) is 9.18 Å². The average molecular weight is 466 g/mol. The van der Waals surface area contributed by atoms with E-state index in [2.05, 4.69) is 14.6 Å². The first-order valence-corrected chi connectivity index (χ1v) is 12.8. The molecule has 2 unspecified atom stereocenters. The molecule has 1 spiro atoms. The van der Waals surface area contributed by atoms with E-state index in [1.54, 1.807) is 19.1 Å². The van der Waals surface area contributed by atoms with Gasteiger partial charge in [-0.2, -0.15) is 5.10 Å². The molecule has 3 saturated carbocycles. The molecule has 1 aromatic heterocycles. The lowest BCUT2D eigenvalue weighted by atomic mass is 9.61. The summed E-state index contributed by atoms with van der Waals surface area (Å²) in [5, 5.41) is 4.70. The zero-order valence-electron chi connectivity index (χ0n) is 19.7. The van der Waals surface area contributed by atoms with Gasteiger partial charge in [-0.15, -0.1) is 0 Å². The van der Waals surface area contributed by atoms with Gasteiger partial charge in [-0.05, 0) is 81.0 Å². The fourth-order valence-electron chi connectivity index (χ4n) is 6.86. The molecule has 2 atom stereocenters. The Kier molecular flexibility index (Phi) is 4.52. The predicted octanol–water partition coefficient (Wildman–Crippen LogP) is 4.15. The second-order valence-electron chi connectivity index (χ2n) is 11.6. The predicted molar refractivity (Wildman–Crippen MR) is 123 cm³/mol. The topological polar surface area (TPSA) is 63.5 Å². The van der Waals surface area contributed by atoms with Crippen molar-refractivity contribution in [3.05, 3.63) is 41.7 Å². The van der Waals surface area contributed by atoms with Crippen molar-refractivity contribution in [3.63, 3.8) is 0 Å². The van der Waals surface area contributed by atoms with Gasteiger partial charge in [-0.25, -0.2) is 18.9 Å². The number of likely N-dealkylation sites (tertiary alicyclic amines) is 2. The van der Waals surface area contributed by atoms with E-state index in [9.17, 15) is 9.18 Å². The number of urea groups is 1. The molecule has 0 radical (unpaired) electrons. The minimum absolute atomic E-state index is 0.161. The highest BCUT2D eigenvalue weighted by Crippen LogP contribution is 2.54. The Bertz CT molecular complexity index is 1100. The number of aryl methyl sites for hydroxylation is 1. The number of hydrogen-bond acceptors (Lipinski definition) is 4. The van der Waals surface area contributed by atoms with Gasteiger partial charge in [0, 0.05) is 37.5 Å². The van der Waals surface area contributed by atoms with Crippen molar-refractivity contribution >= 4 is 6.03 Å². The summed E-state index contributed by atoms with van der Waals surface area (Å²) in [6, 6.07) is 5.63. The standard InChI is InChI=1S/C26H32FN5O2/c1-16-6-21(4-5-23(16)27)34-22-7-18-11-30(12-19(18)8-22)25(33)31-13-26(14-31)9-20(10-26)32-15-28-24(29-32)17-2-3-17/h4-6,15,17-20,22H,2-3,7-14H2,1H3. The Morgan fingerprint density at radius 2 is 1.85 bits per heavy atom. The van der Waals surface area contributed by atoms with Gasteiger partial charge >= 0.3 is 6.03 Å². The summed E-state index contributed by atoms with van der Waals surface area (Å²) in [7, 11) is 0. The van der Waals surface area contributed by atoms with Crippen molar-refractivity contribution in [2.24, 2.45) is 17.3 Å². The number of carbonyl (C=O) groups is 1. The lowest BCUT2D eigenvalue weighted by molar-refractivity contribution is -0.0735. The summed E-state index contributed by atoms with van der Waals surface area (Å²) in [5.41, 5.74) is 0.912. The van der Waals surface area contributed by atoms with Crippen LogP contribution in [-0.2, 0) is 0 Å². The van der Waals surface area contributed by atoms with E-state index in [0.29, 0.717) is 34.8 Å². The first-order chi connectivity index (χ1) is 16.4. The molecule has 3 heterocycles. The van der Waals surface area contributed by atoms with E-state index in [-0.39, 0.29) is 18.0 Å². The minimum Gasteiger partial charge on any atom is -0.490 e. The first-order valence-electron chi connectivity index (χ1n) is 12.8.